The highest BCUT2D eigenvalue weighted by Crippen LogP contribution is 2.28. The number of hydrogen-bond acceptors (Lipinski definition) is 4. The number of aliphatic imine (C=N–C) groups is 1. The van der Waals surface area contributed by atoms with E-state index in [0.29, 0.717) is 6.54 Å². The van der Waals surface area contributed by atoms with Crippen LogP contribution in [0.5, 0.6) is 5.75 Å². The lowest BCUT2D eigenvalue weighted by Gasteiger charge is -2.36. The maximum atomic E-state index is 5.42. The summed E-state index contributed by atoms with van der Waals surface area (Å²) in [6.45, 7) is 5.56. The zero-order valence-electron chi connectivity index (χ0n) is 12.0. The lowest BCUT2D eigenvalue weighted by atomic mass is 10.2. The van der Waals surface area contributed by atoms with E-state index in [4.69, 9.17) is 16.2 Å². The Morgan fingerprint density at radius 1 is 1.20 bits per heavy atom. The molecule has 1 aromatic carbocycles. The van der Waals surface area contributed by atoms with Gasteiger partial charge in [0.2, 0.25) is 0 Å². The fraction of sp³-hybridized carbons (Fsp3) is 0.500. The highest BCUT2D eigenvalue weighted by atomic mass is 16.5. The van der Waals surface area contributed by atoms with Crippen LogP contribution in [0.2, 0.25) is 0 Å². The normalized spacial score (nSPS) is 15.9. The third-order valence-corrected chi connectivity index (χ3v) is 3.51. The number of anilines is 1. The van der Waals surface area contributed by atoms with E-state index in [1.165, 1.54) is 5.69 Å². The van der Waals surface area contributed by atoms with Crippen molar-refractivity contribution in [2.75, 3.05) is 51.3 Å². The molecule has 0 unspecified atom stereocenters. The van der Waals surface area contributed by atoms with E-state index in [-0.39, 0.29) is 5.96 Å². The highest BCUT2D eigenvalue weighted by molar-refractivity contribution is 5.75. The van der Waals surface area contributed by atoms with Gasteiger partial charge in [-0.15, -0.1) is 0 Å². The Hall–Kier alpha value is -1.95. The van der Waals surface area contributed by atoms with Gasteiger partial charge in [-0.25, -0.2) is 0 Å². The number of piperazine rings is 1. The molecular formula is C14H23N5O. The van der Waals surface area contributed by atoms with Gasteiger partial charge in [0.05, 0.1) is 19.3 Å². The van der Waals surface area contributed by atoms with Crippen molar-refractivity contribution in [3.8, 4) is 5.75 Å². The van der Waals surface area contributed by atoms with E-state index >= 15 is 0 Å². The van der Waals surface area contributed by atoms with E-state index in [9.17, 15) is 0 Å². The molecule has 1 fully saturated rings. The summed E-state index contributed by atoms with van der Waals surface area (Å²) in [5, 5.41) is 0. The van der Waals surface area contributed by atoms with Gasteiger partial charge in [0.1, 0.15) is 5.75 Å². The average molecular weight is 277 g/mol. The Morgan fingerprint density at radius 2 is 1.90 bits per heavy atom. The summed E-state index contributed by atoms with van der Waals surface area (Å²) < 4.78 is 5.42. The Balaban J connectivity index is 1.86. The minimum absolute atomic E-state index is 0.164. The average Bonchev–Trinajstić information content (AvgIpc) is 2.47. The predicted molar refractivity (Wildman–Crippen MR) is 82.3 cm³/mol. The summed E-state index contributed by atoms with van der Waals surface area (Å²) in [6, 6.07) is 8.14. The Bertz CT molecular complexity index is 451. The molecule has 0 bridgehead atoms. The molecule has 0 atom stereocenters. The summed E-state index contributed by atoms with van der Waals surface area (Å²) in [5.74, 6) is 1.10. The summed E-state index contributed by atoms with van der Waals surface area (Å²) in [5.41, 5.74) is 11.8. The molecule has 0 saturated carbocycles. The Labute approximate surface area is 120 Å². The third-order valence-electron chi connectivity index (χ3n) is 3.51. The summed E-state index contributed by atoms with van der Waals surface area (Å²) >= 11 is 0. The number of nitrogens with two attached hydrogens (primary N) is 2. The molecule has 0 spiro atoms. The summed E-state index contributed by atoms with van der Waals surface area (Å²) in [6.07, 6.45) is 0. The van der Waals surface area contributed by atoms with Gasteiger partial charge >= 0.3 is 0 Å². The molecule has 20 heavy (non-hydrogen) atoms. The van der Waals surface area contributed by atoms with Crippen LogP contribution in [0.3, 0.4) is 0 Å². The van der Waals surface area contributed by atoms with Crippen molar-refractivity contribution in [1.29, 1.82) is 0 Å². The Kier molecular flexibility index (Phi) is 5.06. The van der Waals surface area contributed by atoms with E-state index in [1.807, 2.05) is 18.2 Å². The van der Waals surface area contributed by atoms with Crippen molar-refractivity contribution in [3.63, 3.8) is 0 Å². The molecule has 6 nitrogen and oxygen atoms in total. The molecule has 0 radical (unpaired) electrons. The van der Waals surface area contributed by atoms with Crippen LogP contribution < -0.4 is 21.1 Å². The zero-order valence-corrected chi connectivity index (χ0v) is 12.0. The minimum Gasteiger partial charge on any atom is -0.495 e. The van der Waals surface area contributed by atoms with Gasteiger partial charge < -0.3 is 21.1 Å². The van der Waals surface area contributed by atoms with Gasteiger partial charge in [-0.3, -0.25) is 9.89 Å². The maximum Gasteiger partial charge on any atom is 0.185 e. The van der Waals surface area contributed by atoms with Crippen molar-refractivity contribution in [2.45, 2.75) is 0 Å². The smallest absolute Gasteiger partial charge is 0.185 e. The second-order valence-corrected chi connectivity index (χ2v) is 4.81. The van der Waals surface area contributed by atoms with Crippen molar-refractivity contribution < 1.29 is 4.74 Å². The molecule has 6 heteroatoms. The number of nitrogens with zero attached hydrogens (tertiary/aromatic N) is 3. The topological polar surface area (TPSA) is 80.1 Å². The molecule has 1 heterocycles. The van der Waals surface area contributed by atoms with Crippen molar-refractivity contribution in [1.82, 2.24) is 4.90 Å². The quantitative estimate of drug-likeness (QED) is 0.589. The highest BCUT2D eigenvalue weighted by Gasteiger charge is 2.18. The van der Waals surface area contributed by atoms with Crippen molar-refractivity contribution in [2.24, 2.45) is 16.5 Å². The van der Waals surface area contributed by atoms with Crippen LogP contribution in [0, 0.1) is 0 Å². The standard InChI is InChI=1S/C14H23N5O/c1-20-13-5-3-2-4-12(13)19-10-8-18(9-11-19)7-6-17-14(15)16/h2-5H,6-11H2,1H3,(H4,15,16,17). The van der Waals surface area contributed by atoms with Gasteiger partial charge in [0.25, 0.3) is 0 Å². The molecule has 1 aromatic rings. The van der Waals surface area contributed by atoms with Crippen molar-refractivity contribution >= 4 is 11.6 Å². The van der Waals surface area contributed by atoms with Crippen LogP contribution >= 0.6 is 0 Å². The number of para-hydroxylation sites is 2. The fourth-order valence-corrected chi connectivity index (χ4v) is 2.42. The molecule has 1 aliphatic heterocycles. The van der Waals surface area contributed by atoms with Crippen LogP contribution in [0.4, 0.5) is 5.69 Å². The summed E-state index contributed by atoms with van der Waals surface area (Å²) in [7, 11) is 1.71. The molecule has 4 N–H and O–H groups in total. The van der Waals surface area contributed by atoms with Crippen LogP contribution in [0.1, 0.15) is 0 Å². The van der Waals surface area contributed by atoms with Gasteiger partial charge in [0.15, 0.2) is 5.96 Å². The number of hydrogen-bond donors (Lipinski definition) is 2. The zero-order chi connectivity index (χ0) is 14.4. The number of benzene rings is 1. The lowest BCUT2D eigenvalue weighted by Crippen LogP contribution is -2.47. The van der Waals surface area contributed by atoms with Crippen LogP contribution in [-0.4, -0.2) is 57.2 Å². The number of rotatable bonds is 5. The van der Waals surface area contributed by atoms with Gasteiger partial charge in [-0.1, -0.05) is 12.1 Å². The largest absolute Gasteiger partial charge is 0.495 e. The van der Waals surface area contributed by atoms with E-state index in [0.717, 1.165) is 38.5 Å². The second kappa shape index (κ2) is 7.00. The summed E-state index contributed by atoms with van der Waals surface area (Å²) in [4.78, 5) is 8.75. The van der Waals surface area contributed by atoms with Crippen LogP contribution in [0.25, 0.3) is 0 Å². The molecule has 110 valence electrons. The predicted octanol–water partition coefficient (Wildman–Crippen LogP) is 0.0906. The van der Waals surface area contributed by atoms with E-state index in [2.05, 4.69) is 20.9 Å². The second-order valence-electron chi connectivity index (χ2n) is 4.81. The lowest BCUT2D eigenvalue weighted by molar-refractivity contribution is 0.264. The SMILES string of the molecule is COc1ccccc1N1CCN(CCN=C(N)N)CC1. The van der Waals surface area contributed by atoms with Gasteiger partial charge in [0, 0.05) is 32.7 Å². The first kappa shape index (κ1) is 14.5. The van der Waals surface area contributed by atoms with Crippen molar-refractivity contribution in [3.05, 3.63) is 24.3 Å². The molecule has 2 rings (SSSR count). The minimum atomic E-state index is 0.164. The number of guanidine groups is 1. The fourth-order valence-electron chi connectivity index (χ4n) is 2.42. The molecule has 1 aliphatic rings. The third kappa shape index (κ3) is 3.77. The van der Waals surface area contributed by atoms with Crippen LogP contribution in [0.15, 0.2) is 29.3 Å². The molecule has 0 aromatic heterocycles. The van der Waals surface area contributed by atoms with E-state index < -0.39 is 0 Å². The molecule has 0 aliphatic carbocycles. The number of methoxy groups -OCH3 is 1. The molecular weight excluding hydrogens is 254 g/mol. The first-order chi connectivity index (χ1) is 9.70. The monoisotopic (exact) mass is 277 g/mol. The molecule has 1 saturated heterocycles. The molecule has 0 amide bonds. The van der Waals surface area contributed by atoms with Gasteiger partial charge in [-0.05, 0) is 12.1 Å². The van der Waals surface area contributed by atoms with Gasteiger partial charge in [-0.2, -0.15) is 0 Å². The number of ether oxygens (including phenoxy) is 1. The van der Waals surface area contributed by atoms with Crippen LogP contribution in [-0.2, 0) is 0 Å². The Morgan fingerprint density at radius 3 is 2.55 bits per heavy atom. The first-order valence-electron chi connectivity index (χ1n) is 6.86. The first-order valence-corrected chi connectivity index (χ1v) is 6.86. The van der Waals surface area contributed by atoms with E-state index in [1.54, 1.807) is 7.11 Å². The maximum absolute atomic E-state index is 5.42.